The van der Waals surface area contributed by atoms with Crippen LogP contribution in [0, 0.1) is 16.0 Å². The number of aromatic nitrogens is 1. The first-order chi connectivity index (χ1) is 12.8. The quantitative estimate of drug-likeness (QED) is 0.241. The SMILES string of the molecule is CC(C)C(=O)c1ccccc1-n1c(CC/C=N/N=C(N)N)ccc1[N+](=O)[O-]. The molecule has 0 aliphatic rings. The zero-order chi connectivity index (χ0) is 20.0. The van der Waals surface area contributed by atoms with Crippen LogP contribution in [0.5, 0.6) is 0 Å². The number of rotatable bonds is 8. The summed E-state index contributed by atoms with van der Waals surface area (Å²) in [5.74, 6) is -0.550. The summed E-state index contributed by atoms with van der Waals surface area (Å²) in [6.45, 7) is 3.59. The zero-order valence-electron chi connectivity index (χ0n) is 15.2. The van der Waals surface area contributed by atoms with Gasteiger partial charge in [0.25, 0.3) is 0 Å². The normalized spacial score (nSPS) is 11.1. The number of carbonyl (C=O) groups excluding carboxylic acids is 1. The van der Waals surface area contributed by atoms with Crippen molar-refractivity contribution in [2.45, 2.75) is 26.7 Å². The van der Waals surface area contributed by atoms with Gasteiger partial charge in [-0.2, -0.15) is 9.67 Å². The van der Waals surface area contributed by atoms with Crippen LogP contribution in [0.3, 0.4) is 0 Å². The molecule has 142 valence electrons. The number of para-hydroxylation sites is 1. The summed E-state index contributed by atoms with van der Waals surface area (Å²) >= 11 is 0. The van der Waals surface area contributed by atoms with Crippen LogP contribution in [-0.4, -0.2) is 27.4 Å². The molecule has 0 bridgehead atoms. The molecule has 0 radical (unpaired) electrons. The van der Waals surface area contributed by atoms with E-state index in [1.165, 1.54) is 16.8 Å². The van der Waals surface area contributed by atoms with E-state index in [0.29, 0.717) is 29.8 Å². The lowest BCUT2D eigenvalue weighted by Crippen LogP contribution is -2.21. The highest BCUT2D eigenvalue weighted by Crippen LogP contribution is 2.27. The molecule has 2 aromatic rings. The molecule has 0 unspecified atom stereocenters. The molecule has 4 N–H and O–H groups in total. The standard InChI is InChI=1S/C18H22N6O3/c1-12(2)17(25)14-7-3-4-8-15(14)23-13(9-10-16(23)24(26)27)6-5-11-21-22-18(19)20/h3-4,7-12H,5-6H2,1-2H3,(H4,19,20,22)/b21-11+. The molecule has 0 amide bonds. The summed E-state index contributed by atoms with van der Waals surface area (Å²) in [6, 6.07) is 9.99. The average Bonchev–Trinajstić information content (AvgIpc) is 3.04. The van der Waals surface area contributed by atoms with Gasteiger partial charge in [0.1, 0.15) is 11.4 Å². The van der Waals surface area contributed by atoms with Crippen molar-refractivity contribution in [2.24, 2.45) is 27.6 Å². The number of hydrogen-bond acceptors (Lipinski definition) is 5. The molecular weight excluding hydrogens is 348 g/mol. The first-order valence-corrected chi connectivity index (χ1v) is 8.42. The minimum absolute atomic E-state index is 0.0751. The molecule has 1 aromatic carbocycles. The zero-order valence-corrected chi connectivity index (χ0v) is 15.2. The smallest absolute Gasteiger partial charge is 0.328 e. The van der Waals surface area contributed by atoms with E-state index in [2.05, 4.69) is 10.2 Å². The number of guanidine groups is 1. The van der Waals surface area contributed by atoms with E-state index >= 15 is 0 Å². The molecule has 0 spiro atoms. The molecular formula is C18H22N6O3. The van der Waals surface area contributed by atoms with Gasteiger partial charge < -0.3 is 21.6 Å². The summed E-state index contributed by atoms with van der Waals surface area (Å²) in [4.78, 5) is 23.6. The maximum atomic E-state index is 12.6. The Balaban J connectivity index is 2.46. The van der Waals surface area contributed by atoms with Crippen LogP contribution >= 0.6 is 0 Å². The lowest BCUT2D eigenvalue weighted by molar-refractivity contribution is -0.391. The Morgan fingerprint density at radius 3 is 2.59 bits per heavy atom. The van der Waals surface area contributed by atoms with Gasteiger partial charge in [0.05, 0.1) is 5.56 Å². The molecule has 0 aliphatic heterocycles. The molecule has 0 saturated heterocycles. The minimum Gasteiger partial charge on any atom is -0.369 e. The Hall–Kier alpha value is -3.49. The van der Waals surface area contributed by atoms with Crippen LogP contribution in [0.4, 0.5) is 5.82 Å². The lowest BCUT2D eigenvalue weighted by Gasteiger charge is -2.11. The summed E-state index contributed by atoms with van der Waals surface area (Å²) in [5, 5.41) is 18.7. The largest absolute Gasteiger partial charge is 0.369 e. The second kappa shape index (κ2) is 8.75. The van der Waals surface area contributed by atoms with E-state index in [1.807, 2.05) is 0 Å². The third kappa shape index (κ3) is 4.78. The highest BCUT2D eigenvalue weighted by atomic mass is 16.6. The molecule has 0 aliphatic carbocycles. The van der Waals surface area contributed by atoms with Gasteiger partial charge >= 0.3 is 5.82 Å². The number of ketones is 1. The first-order valence-electron chi connectivity index (χ1n) is 8.42. The number of aryl methyl sites for hydroxylation is 1. The Labute approximate surface area is 156 Å². The van der Waals surface area contributed by atoms with Crippen molar-refractivity contribution < 1.29 is 9.72 Å². The number of hydrogen-bond donors (Lipinski definition) is 2. The van der Waals surface area contributed by atoms with Gasteiger partial charge in [-0.3, -0.25) is 4.79 Å². The van der Waals surface area contributed by atoms with Crippen molar-refractivity contribution in [3.05, 3.63) is 57.8 Å². The van der Waals surface area contributed by atoms with E-state index in [1.54, 1.807) is 44.2 Å². The fourth-order valence-electron chi connectivity index (χ4n) is 2.65. The maximum absolute atomic E-state index is 12.6. The van der Waals surface area contributed by atoms with Crippen LogP contribution in [0.2, 0.25) is 0 Å². The Kier molecular flexibility index (Phi) is 6.42. The van der Waals surface area contributed by atoms with Crippen LogP contribution in [-0.2, 0) is 6.42 Å². The van der Waals surface area contributed by atoms with Crippen molar-refractivity contribution in [1.29, 1.82) is 0 Å². The van der Waals surface area contributed by atoms with Crippen LogP contribution in [0.15, 0.2) is 46.6 Å². The van der Waals surface area contributed by atoms with E-state index in [0.717, 1.165) is 0 Å². The molecule has 2 rings (SSSR count). The first kappa shape index (κ1) is 19.8. The average molecular weight is 370 g/mol. The maximum Gasteiger partial charge on any atom is 0.328 e. The van der Waals surface area contributed by atoms with Crippen molar-refractivity contribution in [3.63, 3.8) is 0 Å². The van der Waals surface area contributed by atoms with Crippen molar-refractivity contribution in [2.75, 3.05) is 0 Å². The molecule has 1 aromatic heterocycles. The van der Waals surface area contributed by atoms with Crippen molar-refractivity contribution >= 4 is 23.8 Å². The summed E-state index contributed by atoms with van der Waals surface area (Å²) < 4.78 is 1.50. The van der Waals surface area contributed by atoms with Gasteiger partial charge in [-0.25, -0.2) is 0 Å². The summed E-state index contributed by atoms with van der Waals surface area (Å²) in [6.07, 6.45) is 2.45. The Bertz CT molecular complexity index is 894. The predicted octanol–water partition coefficient (Wildman–Crippen LogP) is 2.42. The number of nitrogens with two attached hydrogens (primary N) is 2. The lowest BCUT2D eigenvalue weighted by atomic mass is 9.99. The molecule has 0 atom stereocenters. The van der Waals surface area contributed by atoms with Crippen LogP contribution < -0.4 is 11.5 Å². The minimum atomic E-state index is -0.465. The van der Waals surface area contributed by atoms with Gasteiger partial charge in [0.2, 0.25) is 5.96 Å². The van der Waals surface area contributed by atoms with Crippen molar-refractivity contribution in [1.82, 2.24) is 4.57 Å². The number of Topliss-reactive ketones (excluding diaryl/α,β-unsaturated/α-hetero) is 1. The molecule has 9 heteroatoms. The third-order valence-electron chi connectivity index (χ3n) is 3.85. The summed E-state index contributed by atoms with van der Waals surface area (Å²) in [7, 11) is 0. The highest BCUT2D eigenvalue weighted by molar-refractivity contribution is 6.00. The summed E-state index contributed by atoms with van der Waals surface area (Å²) in [5.41, 5.74) is 12.0. The van der Waals surface area contributed by atoms with Crippen LogP contribution in [0.1, 0.15) is 36.3 Å². The Morgan fingerprint density at radius 2 is 1.96 bits per heavy atom. The highest BCUT2D eigenvalue weighted by Gasteiger charge is 2.25. The number of carbonyl (C=O) groups is 1. The molecule has 0 fully saturated rings. The predicted molar refractivity (Wildman–Crippen MR) is 104 cm³/mol. The molecule has 9 nitrogen and oxygen atoms in total. The van der Waals surface area contributed by atoms with E-state index < -0.39 is 4.92 Å². The topological polar surface area (TPSA) is 142 Å². The second-order valence-corrected chi connectivity index (χ2v) is 6.17. The monoisotopic (exact) mass is 370 g/mol. The second-order valence-electron chi connectivity index (χ2n) is 6.17. The number of nitro groups is 1. The fraction of sp³-hybridized carbons (Fsp3) is 0.278. The van der Waals surface area contributed by atoms with Gasteiger partial charge in [0.15, 0.2) is 5.78 Å². The molecule has 1 heterocycles. The number of nitrogens with zero attached hydrogens (tertiary/aromatic N) is 4. The van der Waals surface area contributed by atoms with Gasteiger partial charge in [-0.15, -0.1) is 5.10 Å². The van der Waals surface area contributed by atoms with Gasteiger partial charge in [-0.05, 0) is 29.5 Å². The van der Waals surface area contributed by atoms with E-state index in [9.17, 15) is 14.9 Å². The van der Waals surface area contributed by atoms with E-state index in [4.69, 9.17) is 11.5 Å². The third-order valence-corrected chi connectivity index (χ3v) is 3.85. The fourth-order valence-corrected chi connectivity index (χ4v) is 2.65. The van der Waals surface area contributed by atoms with Crippen molar-refractivity contribution in [3.8, 4) is 5.69 Å². The number of benzene rings is 1. The Morgan fingerprint density at radius 1 is 1.26 bits per heavy atom. The van der Waals surface area contributed by atoms with Gasteiger partial charge in [-0.1, -0.05) is 26.0 Å². The van der Waals surface area contributed by atoms with Crippen LogP contribution in [0.25, 0.3) is 5.69 Å². The molecule has 0 saturated carbocycles. The molecule has 27 heavy (non-hydrogen) atoms. The van der Waals surface area contributed by atoms with E-state index in [-0.39, 0.29) is 23.5 Å². The van der Waals surface area contributed by atoms with Gasteiger partial charge in [0, 0.05) is 24.6 Å².